The van der Waals surface area contributed by atoms with E-state index < -0.39 is 24.5 Å². The standard InChI is InChI=1S/C21H16ClF5N4O/c1-11-9-12(10-28)3-6-15(11)30-7-2-8-31-17-13(18(21(25,26)27)32-19(23)24)4-5-14(22)16(17)29-20(30)31/h3-6,9,18-19H,2,7-8H2,1H3. The summed E-state index contributed by atoms with van der Waals surface area (Å²) in [7, 11) is 0. The largest absolute Gasteiger partial charge is 0.419 e. The maximum atomic E-state index is 13.6. The predicted octanol–water partition coefficient (Wildman–Crippen LogP) is 6.25. The fourth-order valence-electron chi connectivity index (χ4n) is 4.02. The van der Waals surface area contributed by atoms with Crippen LogP contribution in [0.15, 0.2) is 30.3 Å². The molecule has 0 aliphatic carbocycles. The molecule has 0 bridgehead atoms. The molecule has 0 fully saturated rings. The summed E-state index contributed by atoms with van der Waals surface area (Å²) in [5.41, 5.74) is 1.59. The third kappa shape index (κ3) is 3.87. The van der Waals surface area contributed by atoms with Crippen LogP contribution in [0.2, 0.25) is 5.02 Å². The number of hydrogen-bond acceptors (Lipinski definition) is 4. The maximum absolute atomic E-state index is 13.6. The highest BCUT2D eigenvalue weighted by Crippen LogP contribution is 2.44. The first-order chi connectivity index (χ1) is 15.1. The van der Waals surface area contributed by atoms with Crippen molar-refractivity contribution in [3.63, 3.8) is 0 Å². The molecule has 11 heteroatoms. The molecule has 0 radical (unpaired) electrons. The van der Waals surface area contributed by atoms with Crippen molar-refractivity contribution in [1.29, 1.82) is 5.26 Å². The number of hydrogen-bond donors (Lipinski definition) is 0. The van der Waals surface area contributed by atoms with Gasteiger partial charge in [-0.1, -0.05) is 17.7 Å². The minimum atomic E-state index is -5.07. The molecule has 5 nitrogen and oxygen atoms in total. The van der Waals surface area contributed by atoms with E-state index in [1.807, 2.05) is 11.8 Å². The van der Waals surface area contributed by atoms with Crippen LogP contribution >= 0.6 is 11.6 Å². The van der Waals surface area contributed by atoms with Gasteiger partial charge in [0, 0.05) is 24.3 Å². The van der Waals surface area contributed by atoms with E-state index in [2.05, 4.69) is 15.8 Å². The van der Waals surface area contributed by atoms with Gasteiger partial charge in [-0.2, -0.15) is 27.2 Å². The number of imidazole rings is 1. The molecule has 0 amide bonds. The number of rotatable bonds is 4. The lowest BCUT2D eigenvalue weighted by Gasteiger charge is -2.31. The molecular formula is C21H16ClF5N4O. The molecule has 32 heavy (non-hydrogen) atoms. The SMILES string of the molecule is Cc1cc(C#N)ccc1N1CCCn2c1nc1c(Cl)ccc(C(OC(F)F)C(F)(F)F)c12. The van der Waals surface area contributed by atoms with Crippen LogP contribution in [0.1, 0.15) is 29.2 Å². The van der Waals surface area contributed by atoms with E-state index in [1.54, 1.807) is 22.8 Å². The normalized spacial score (nSPS) is 15.2. The number of ether oxygens (including phenoxy) is 1. The van der Waals surface area contributed by atoms with Crippen molar-refractivity contribution < 1.29 is 26.7 Å². The van der Waals surface area contributed by atoms with Crippen LogP contribution in [0.5, 0.6) is 0 Å². The van der Waals surface area contributed by atoms with Gasteiger partial charge in [0.15, 0.2) is 6.10 Å². The van der Waals surface area contributed by atoms with Crippen LogP contribution in [-0.4, -0.2) is 28.9 Å². The lowest BCUT2D eigenvalue weighted by molar-refractivity contribution is -0.276. The van der Waals surface area contributed by atoms with Crippen molar-refractivity contribution in [2.75, 3.05) is 11.4 Å². The fraction of sp³-hybridized carbons (Fsp3) is 0.333. The Hall–Kier alpha value is -2.90. The first kappa shape index (κ1) is 22.3. The molecule has 1 aromatic heterocycles. The van der Waals surface area contributed by atoms with E-state index in [4.69, 9.17) is 16.9 Å². The number of benzene rings is 2. The Labute approximate surface area is 184 Å². The Bertz CT molecular complexity index is 1220. The van der Waals surface area contributed by atoms with E-state index in [0.717, 1.165) is 17.3 Å². The third-order valence-electron chi connectivity index (χ3n) is 5.30. The van der Waals surface area contributed by atoms with E-state index in [9.17, 15) is 22.0 Å². The second-order valence-electron chi connectivity index (χ2n) is 7.33. The number of fused-ring (bicyclic) bond motifs is 3. The summed E-state index contributed by atoms with van der Waals surface area (Å²) in [6, 6.07) is 9.38. The van der Waals surface area contributed by atoms with Gasteiger partial charge in [-0.25, -0.2) is 4.98 Å². The van der Waals surface area contributed by atoms with Gasteiger partial charge in [-0.05, 0) is 43.2 Å². The smallest absolute Gasteiger partial charge is 0.312 e. The van der Waals surface area contributed by atoms with Crippen molar-refractivity contribution in [2.24, 2.45) is 0 Å². The average molecular weight is 471 g/mol. The van der Waals surface area contributed by atoms with Gasteiger partial charge in [-0.3, -0.25) is 0 Å². The molecule has 0 saturated heterocycles. The highest BCUT2D eigenvalue weighted by Gasteiger charge is 2.45. The summed E-state index contributed by atoms with van der Waals surface area (Å²) in [6.07, 6.45) is -7.34. The van der Waals surface area contributed by atoms with Gasteiger partial charge in [0.1, 0.15) is 5.52 Å². The molecule has 2 heterocycles. The Morgan fingerprint density at radius 2 is 1.94 bits per heavy atom. The summed E-state index contributed by atoms with van der Waals surface area (Å²) in [6.45, 7) is -0.954. The van der Waals surface area contributed by atoms with Gasteiger partial charge in [-0.15, -0.1) is 0 Å². The van der Waals surface area contributed by atoms with E-state index in [-0.39, 0.29) is 16.1 Å². The van der Waals surface area contributed by atoms with Gasteiger partial charge in [0.05, 0.1) is 22.2 Å². The molecule has 0 saturated carbocycles. The minimum Gasteiger partial charge on any atom is -0.312 e. The Kier molecular flexibility index (Phi) is 5.73. The van der Waals surface area contributed by atoms with Crippen LogP contribution in [0, 0.1) is 18.3 Å². The highest BCUT2D eigenvalue weighted by molar-refractivity contribution is 6.35. The zero-order chi connectivity index (χ0) is 23.2. The average Bonchev–Trinajstić information content (AvgIpc) is 3.13. The van der Waals surface area contributed by atoms with Crippen LogP contribution in [-0.2, 0) is 11.3 Å². The summed E-state index contributed by atoms with van der Waals surface area (Å²) in [5.74, 6) is 0.339. The molecule has 1 unspecified atom stereocenters. The molecule has 0 N–H and O–H groups in total. The molecule has 4 rings (SSSR count). The summed E-state index contributed by atoms with van der Waals surface area (Å²) < 4.78 is 72.1. The number of aryl methyl sites for hydroxylation is 2. The van der Waals surface area contributed by atoms with Crippen molar-refractivity contribution in [3.05, 3.63) is 52.0 Å². The van der Waals surface area contributed by atoms with Crippen molar-refractivity contribution in [3.8, 4) is 6.07 Å². The number of nitriles is 1. The molecule has 1 atom stereocenters. The zero-order valence-electron chi connectivity index (χ0n) is 16.6. The lowest BCUT2D eigenvalue weighted by atomic mass is 10.1. The number of alkyl halides is 5. The Morgan fingerprint density at radius 1 is 1.19 bits per heavy atom. The van der Waals surface area contributed by atoms with E-state index in [1.165, 1.54) is 6.07 Å². The Balaban J connectivity index is 1.93. The predicted molar refractivity (Wildman–Crippen MR) is 108 cm³/mol. The quantitative estimate of drug-likeness (QED) is 0.423. The van der Waals surface area contributed by atoms with Gasteiger partial charge >= 0.3 is 12.8 Å². The number of aromatic nitrogens is 2. The first-order valence-electron chi connectivity index (χ1n) is 9.59. The zero-order valence-corrected chi connectivity index (χ0v) is 17.4. The van der Waals surface area contributed by atoms with Gasteiger partial charge < -0.3 is 14.2 Å². The number of anilines is 2. The summed E-state index contributed by atoms with van der Waals surface area (Å²) >= 11 is 6.24. The topological polar surface area (TPSA) is 54.1 Å². The third-order valence-corrected chi connectivity index (χ3v) is 5.60. The maximum Gasteiger partial charge on any atom is 0.419 e. The molecule has 3 aromatic rings. The van der Waals surface area contributed by atoms with Crippen LogP contribution in [0.3, 0.4) is 0 Å². The minimum absolute atomic E-state index is 0.00599. The van der Waals surface area contributed by atoms with Crippen LogP contribution in [0.25, 0.3) is 11.0 Å². The van der Waals surface area contributed by atoms with Crippen molar-refractivity contribution in [1.82, 2.24) is 9.55 Å². The molecule has 0 spiro atoms. The van der Waals surface area contributed by atoms with Gasteiger partial charge in [0.2, 0.25) is 5.95 Å². The summed E-state index contributed by atoms with van der Waals surface area (Å²) in [4.78, 5) is 6.30. The molecule has 168 valence electrons. The van der Waals surface area contributed by atoms with E-state index >= 15 is 0 Å². The van der Waals surface area contributed by atoms with Crippen LogP contribution < -0.4 is 4.90 Å². The van der Waals surface area contributed by atoms with Crippen LogP contribution in [0.4, 0.5) is 33.6 Å². The fourth-order valence-corrected chi connectivity index (χ4v) is 4.22. The lowest BCUT2D eigenvalue weighted by Crippen LogP contribution is -2.29. The second kappa shape index (κ2) is 8.22. The first-order valence-corrected chi connectivity index (χ1v) is 9.97. The van der Waals surface area contributed by atoms with Crippen molar-refractivity contribution >= 4 is 34.3 Å². The number of nitrogens with zero attached hydrogens (tertiary/aromatic N) is 4. The molecule has 1 aliphatic rings. The van der Waals surface area contributed by atoms with E-state index in [0.29, 0.717) is 31.0 Å². The second-order valence-corrected chi connectivity index (χ2v) is 7.74. The van der Waals surface area contributed by atoms with Gasteiger partial charge in [0.25, 0.3) is 0 Å². The summed E-state index contributed by atoms with van der Waals surface area (Å²) in [5, 5.41) is 9.20. The monoisotopic (exact) mass is 470 g/mol. The number of halogens is 6. The molecule has 1 aliphatic heterocycles. The molecule has 2 aromatic carbocycles. The van der Waals surface area contributed by atoms with Crippen molar-refractivity contribution in [2.45, 2.75) is 38.8 Å². The highest BCUT2D eigenvalue weighted by atomic mass is 35.5. The Morgan fingerprint density at radius 3 is 2.56 bits per heavy atom. The molecular weight excluding hydrogens is 455 g/mol.